The summed E-state index contributed by atoms with van der Waals surface area (Å²) in [5.74, 6) is 1.04. The van der Waals surface area contributed by atoms with E-state index in [1.165, 1.54) is 0 Å². The van der Waals surface area contributed by atoms with Crippen molar-refractivity contribution >= 4 is 23.6 Å². The monoisotopic (exact) mass is 272 g/mol. The number of likely N-dealkylation sites (tertiary alicyclic amines) is 1. The quantitative estimate of drug-likeness (QED) is 0.825. The molecule has 0 aromatic carbocycles. The van der Waals surface area contributed by atoms with Crippen LogP contribution >= 0.6 is 11.8 Å². The molecule has 18 heavy (non-hydrogen) atoms. The van der Waals surface area contributed by atoms with Crippen LogP contribution in [0.25, 0.3) is 0 Å². The Morgan fingerprint density at radius 2 is 2.17 bits per heavy atom. The summed E-state index contributed by atoms with van der Waals surface area (Å²) in [5, 5.41) is 2.95. The molecule has 2 amide bonds. The van der Waals surface area contributed by atoms with E-state index in [0.29, 0.717) is 19.4 Å². The van der Waals surface area contributed by atoms with Gasteiger partial charge in [0.05, 0.1) is 6.04 Å². The van der Waals surface area contributed by atoms with Crippen molar-refractivity contribution < 1.29 is 9.59 Å². The standard InChI is InChI=1S/C13H24N2O2S/c1-13(2,3)9-15-8-10(7-12(15)17)14-11(16)5-6-18-4/h10H,5-9H2,1-4H3,(H,14,16). The summed E-state index contributed by atoms with van der Waals surface area (Å²) in [6, 6.07) is -0.00536. The Morgan fingerprint density at radius 1 is 1.50 bits per heavy atom. The molecule has 4 nitrogen and oxygen atoms in total. The van der Waals surface area contributed by atoms with Crippen LogP contribution < -0.4 is 5.32 Å². The highest BCUT2D eigenvalue weighted by atomic mass is 32.2. The van der Waals surface area contributed by atoms with Crippen molar-refractivity contribution in [2.45, 2.75) is 39.7 Å². The number of amides is 2. The number of nitrogens with one attached hydrogen (secondary N) is 1. The molecular weight excluding hydrogens is 248 g/mol. The number of carbonyl (C=O) groups excluding carboxylic acids is 2. The van der Waals surface area contributed by atoms with Gasteiger partial charge in [0.1, 0.15) is 0 Å². The Hall–Kier alpha value is -0.710. The number of carbonyl (C=O) groups is 2. The average Bonchev–Trinajstić information content (AvgIpc) is 2.53. The largest absolute Gasteiger partial charge is 0.351 e. The molecule has 0 aliphatic carbocycles. The molecule has 0 aromatic heterocycles. The number of rotatable bonds is 5. The maximum Gasteiger partial charge on any atom is 0.224 e. The SMILES string of the molecule is CSCCC(=O)NC1CC(=O)N(CC(C)(C)C)C1. The van der Waals surface area contributed by atoms with Gasteiger partial charge in [-0.05, 0) is 11.7 Å². The molecule has 0 bridgehead atoms. The summed E-state index contributed by atoms with van der Waals surface area (Å²) in [6.45, 7) is 7.75. The fraction of sp³-hybridized carbons (Fsp3) is 0.846. The van der Waals surface area contributed by atoms with Crippen molar-refractivity contribution in [3.8, 4) is 0 Å². The van der Waals surface area contributed by atoms with Gasteiger partial charge in [-0.25, -0.2) is 0 Å². The van der Waals surface area contributed by atoms with E-state index in [2.05, 4.69) is 26.1 Å². The van der Waals surface area contributed by atoms with E-state index < -0.39 is 0 Å². The second-order valence-electron chi connectivity index (χ2n) is 6.05. The lowest BCUT2D eigenvalue weighted by atomic mass is 9.96. The van der Waals surface area contributed by atoms with Crippen LogP contribution in [0.5, 0.6) is 0 Å². The molecule has 1 aliphatic heterocycles. The van der Waals surface area contributed by atoms with E-state index in [9.17, 15) is 9.59 Å². The minimum absolute atomic E-state index is 0.00536. The lowest BCUT2D eigenvalue weighted by Gasteiger charge is -2.26. The van der Waals surface area contributed by atoms with Crippen molar-refractivity contribution in [1.29, 1.82) is 0 Å². The fourth-order valence-electron chi connectivity index (χ4n) is 2.09. The zero-order valence-electron chi connectivity index (χ0n) is 11.8. The molecule has 1 saturated heterocycles. The molecule has 0 radical (unpaired) electrons. The van der Waals surface area contributed by atoms with Crippen LogP contribution in [0.15, 0.2) is 0 Å². The fourth-order valence-corrected chi connectivity index (χ4v) is 2.48. The van der Waals surface area contributed by atoms with E-state index in [1.807, 2.05) is 11.2 Å². The molecule has 5 heteroatoms. The van der Waals surface area contributed by atoms with Crippen LogP contribution in [0.3, 0.4) is 0 Å². The smallest absolute Gasteiger partial charge is 0.224 e. The molecule has 1 fully saturated rings. The minimum atomic E-state index is -0.00536. The summed E-state index contributed by atoms with van der Waals surface area (Å²) >= 11 is 1.66. The third kappa shape index (κ3) is 5.29. The van der Waals surface area contributed by atoms with Crippen LogP contribution in [0.4, 0.5) is 0 Å². The molecule has 1 atom stereocenters. The van der Waals surface area contributed by atoms with Gasteiger partial charge in [-0.2, -0.15) is 11.8 Å². The molecular formula is C13H24N2O2S. The molecule has 1 unspecified atom stereocenters. The molecule has 104 valence electrons. The Morgan fingerprint density at radius 3 is 2.72 bits per heavy atom. The van der Waals surface area contributed by atoms with Crippen molar-refractivity contribution in [2.24, 2.45) is 5.41 Å². The topological polar surface area (TPSA) is 49.4 Å². The maximum absolute atomic E-state index is 11.8. The summed E-state index contributed by atoms with van der Waals surface area (Å²) in [7, 11) is 0. The molecule has 0 spiro atoms. The van der Waals surface area contributed by atoms with Crippen LogP contribution in [0.1, 0.15) is 33.6 Å². The first-order valence-electron chi connectivity index (χ1n) is 6.38. The number of thioether (sulfide) groups is 1. The van der Waals surface area contributed by atoms with Crippen molar-refractivity contribution in [1.82, 2.24) is 10.2 Å². The second-order valence-corrected chi connectivity index (χ2v) is 7.03. The normalized spacial score (nSPS) is 20.3. The highest BCUT2D eigenvalue weighted by Crippen LogP contribution is 2.20. The Balaban J connectivity index is 2.39. The number of hydrogen-bond donors (Lipinski definition) is 1. The van der Waals surface area contributed by atoms with E-state index in [4.69, 9.17) is 0 Å². The average molecular weight is 272 g/mol. The zero-order chi connectivity index (χ0) is 13.8. The van der Waals surface area contributed by atoms with Gasteiger partial charge in [-0.1, -0.05) is 20.8 Å². The van der Waals surface area contributed by atoms with Crippen molar-refractivity contribution in [2.75, 3.05) is 25.1 Å². The Kier molecular flexibility index (Phi) is 5.50. The maximum atomic E-state index is 11.8. The molecule has 1 rings (SSSR count). The number of hydrogen-bond acceptors (Lipinski definition) is 3. The van der Waals surface area contributed by atoms with Gasteiger partial charge in [0, 0.05) is 31.7 Å². The predicted molar refractivity (Wildman–Crippen MR) is 75.6 cm³/mol. The van der Waals surface area contributed by atoms with E-state index in [-0.39, 0.29) is 23.3 Å². The van der Waals surface area contributed by atoms with E-state index in [0.717, 1.165) is 12.3 Å². The van der Waals surface area contributed by atoms with Gasteiger partial charge in [-0.15, -0.1) is 0 Å². The van der Waals surface area contributed by atoms with Crippen LogP contribution in [-0.4, -0.2) is 47.9 Å². The van der Waals surface area contributed by atoms with Gasteiger partial charge in [0.2, 0.25) is 11.8 Å². The first kappa shape index (κ1) is 15.3. The lowest BCUT2D eigenvalue weighted by molar-refractivity contribution is -0.128. The Labute approximate surface area is 114 Å². The highest BCUT2D eigenvalue weighted by Gasteiger charge is 2.32. The third-order valence-electron chi connectivity index (χ3n) is 2.78. The first-order chi connectivity index (χ1) is 8.31. The van der Waals surface area contributed by atoms with E-state index >= 15 is 0 Å². The van der Waals surface area contributed by atoms with E-state index in [1.54, 1.807) is 11.8 Å². The summed E-state index contributed by atoms with van der Waals surface area (Å²) < 4.78 is 0. The minimum Gasteiger partial charge on any atom is -0.351 e. The van der Waals surface area contributed by atoms with Gasteiger partial charge in [0.15, 0.2) is 0 Å². The molecule has 0 aromatic rings. The third-order valence-corrected chi connectivity index (χ3v) is 3.39. The number of nitrogens with zero attached hydrogens (tertiary/aromatic N) is 1. The van der Waals surface area contributed by atoms with Gasteiger partial charge in [0.25, 0.3) is 0 Å². The summed E-state index contributed by atoms with van der Waals surface area (Å²) in [6.07, 6.45) is 2.96. The van der Waals surface area contributed by atoms with Crippen LogP contribution in [0, 0.1) is 5.41 Å². The van der Waals surface area contributed by atoms with Gasteiger partial charge >= 0.3 is 0 Å². The molecule has 1 heterocycles. The zero-order valence-corrected chi connectivity index (χ0v) is 12.6. The van der Waals surface area contributed by atoms with Gasteiger partial charge < -0.3 is 10.2 Å². The summed E-state index contributed by atoms with van der Waals surface area (Å²) in [5.41, 5.74) is 0.105. The molecule has 1 N–H and O–H groups in total. The predicted octanol–water partition coefficient (Wildman–Crippen LogP) is 1.50. The van der Waals surface area contributed by atoms with Gasteiger partial charge in [-0.3, -0.25) is 9.59 Å². The van der Waals surface area contributed by atoms with Crippen molar-refractivity contribution in [3.63, 3.8) is 0 Å². The van der Waals surface area contributed by atoms with Crippen molar-refractivity contribution in [3.05, 3.63) is 0 Å². The first-order valence-corrected chi connectivity index (χ1v) is 7.77. The Bertz CT molecular complexity index is 313. The molecule has 1 aliphatic rings. The molecule has 0 saturated carbocycles. The summed E-state index contributed by atoms with van der Waals surface area (Å²) in [4.78, 5) is 25.3. The van der Waals surface area contributed by atoms with Crippen LogP contribution in [0.2, 0.25) is 0 Å². The van der Waals surface area contributed by atoms with Crippen LogP contribution in [-0.2, 0) is 9.59 Å². The second kappa shape index (κ2) is 6.45. The highest BCUT2D eigenvalue weighted by molar-refractivity contribution is 7.98. The lowest BCUT2D eigenvalue weighted by Crippen LogP contribution is -2.39.